The molecule has 22 heavy (non-hydrogen) atoms. The summed E-state index contributed by atoms with van der Waals surface area (Å²) < 4.78 is 1.44. The highest BCUT2D eigenvalue weighted by atomic mass is 16.2. The molecule has 1 aromatic carbocycles. The van der Waals surface area contributed by atoms with E-state index in [-0.39, 0.29) is 22.9 Å². The molecule has 4 heteroatoms. The number of aryl methyl sites for hydroxylation is 1. The molecule has 116 valence electrons. The molecule has 1 aromatic heterocycles. The Morgan fingerprint density at radius 2 is 1.82 bits per heavy atom. The van der Waals surface area contributed by atoms with Crippen LogP contribution in [0, 0.1) is 0 Å². The number of rotatable bonds is 4. The number of aromatic nitrogens is 1. The highest BCUT2D eigenvalue weighted by Crippen LogP contribution is 2.26. The number of benzene rings is 1. The minimum atomic E-state index is -0.228. The summed E-state index contributed by atoms with van der Waals surface area (Å²) in [7, 11) is 1.66. The minimum absolute atomic E-state index is 0.0774. The third kappa shape index (κ3) is 3.27. The second-order valence-electron chi connectivity index (χ2n) is 6.15. The van der Waals surface area contributed by atoms with Crippen molar-refractivity contribution in [2.45, 2.75) is 32.2 Å². The first kappa shape index (κ1) is 16.0. The zero-order valence-corrected chi connectivity index (χ0v) is 13.5. The normalized spacial score (nSPS) is 12.7. The van der Waals surface area contributed by atoms with Crippen LogP contribution in [0.25, 0.3) is 0 Å². The molecule has 1 amide bonds. The summed E-state index contributed by atoms with van der Waals surface area (Å²) in [5, 5.41) is 2.99. The van der Waals surface area contributed by atoms with Crippen LogP contribution in [-0.2, 0) is 12.5 Å². The van der Waals surface area contributed by atoms with Crippen LogP contribution in [0.15, 0.2) is 53.5 Å². The lowest BCUT2D eigenvalue weighted by molar-refractivity contribution is 0.0923. The largest absolute Gasteiger partial charge is 0.349 e. The topological polar surface area (TPSA) is 51.1 Å². The second kappa shape index (κ2) is 6.18. The van der Waals surface area contributed by atoms with Gasteiger partial charge in [-0.2, -0.15) is 0 Å². The van der Waals surface area contributed by atoms with Crippen LogP contribution in [0.1, 0.15) is 36.7 Å². The van der Waals surface area contributed by atoms with Crippen molar-refractivity contribution < 1.29 is 4.79 Å². The molecule has 4 nitrogen and oxygen atoms in total. The van der Waals surface area contributed by atoms with Gasteiger partial charge in [0.05, 0.1) is 0 Å². The monoisotopic (exact) mass is 298 g/mol. The van der Waals surface area contributed by atoms with E-state index in [4.69, 9.17) is 0 Å². The molecular weight excluding hydrogens is 276 g/mol. The van der Waals surface area contributed by atoms with Crippen molar-refractivity contribution in [1.29, 1.82) is 0 Å². The van der Waals surface area contributed by atoms with Crippen molar-refractivity contribution in [3.8, 4) is 0 Å². The molecule has 0 saturated carbocycles. The SMILES string of the molecule is CC(NC(=O)c1ccn(C)c(=O)c1)C(C)(C)c1ccccc1. The third-order valence-corrected chi connectivity index (χ3v) is 4.31. The average Bonchev–Trinajstić information content (AvgIpc) is 2.50. The Labute approximate surface area is 130 Å². The van der Waals surface area contributed by atoms with Gasteiger partial charge in [-0.15, -0.1) is 0 Å². The lowest BCUT2D eigenvalue weighted by atomic mass is 9.78. The van der Waals surface area contributed by atoms with Gasteiger partial charge in [0.25, 0.3) is 11.5 Å². The standard InChI is InChI=1S/C18H22N2O2/c1-13(18(2,3)15-8-6-5-7-9-15)19-17(22)14-10-11-20(4)16(21)12-14/h5-13H,1-4H3,(H,19,22). The van der Waals surface area contributed by atoms with Crippen LogP contribution in [0.3, 0.4) is 0 Å². The highest BCUT2D eigenvalue weighted by molar-refractivity contribution is 5.94. The fourth-order valence-corrected chi connectivity index (χ4v) is 2.27. The Bertz CT molecular complexity index is 717. The Hall–Kier alpha value is -2.36. The second-order valence-corrected chi connectivity index (χ2v) is 6.15. The van der Waals surface area contributed by atoms with E-state index in [0.29, 0.717) is 5.56 Å². The summed E-state index contributed by atoms with van der Waals surface area (Å²) >= 11 is 0. The third-order valence-electron chi connectivity index (χ3n) is 4.31. The quantitative estimate of drug-likeness (QED) is 0.943. The highest BCUT2D eigenvalue weighted by Gasteiger charge is 2.29. The van der Waals surface area contributed by atoms with Crippen LogP contribution in [-0.4, -0.2) is 16.5 Å². The Morgan fingerprint density at radius 1 is 1.18 bits per heavy atom. The summed E-state index contributed by atoms with van der Waals surface area (Å²) in [6, 6.07) is 13.0. The van der Waals surface area contributed by atoms with E-state index in [0.717, 1.165) is 5.56 Å². The molecule has 1 unspecified atom stereocenters. The number of hydrogen-bond donors (Lipinski definition) is 1. The first-order valence-corrected chi connectivity index (χ1v) is 7.35. The van der Waals surface area contributed by atoms with Crippen molar-refractivity contribution in [3.63, 3.8) is 0 Å². The Balaban J connectivity index is 2.17. The number of nitrogens with one attached hydrogen (secondary N) is 1. The van der Waals surface area contributed by atoms with E-state index >= 15 is 0 Å². The maximum Gasteiger partial charge on any atom is 0.251 e. The smallest absolute Gasteiger partial charge is 0.251 e. The molecule has 0 aliphatic rings. The summed E-state index contributed by atoms with van der Waals surface area (Å²) in [6.07, 6.45) is 1.60. The average molecular weight is 298 g/mol. The number of pyridine rings is 1. The Kier molecular flexibility index (Phi) is 4.50. The van der Waals surface area contributed by atoms with Gasteiger partial charge in [0, 0.05) is 36.3 Å². The molecule has 1 N–H and O–H groups in total. The van der Waals surface area contributed by atoms with E-state index in [1.165, 1.54) is 10.6 Å². The molecular formula is C18H22N2O2. The number of nitrogens with zero attached hydrogens (tertiary/aromatic N) is 1. The summed E-state index contributed by atoms with van der Waals surface area (Å²) in [5.41, 5.74) is 1.14. The molecule has 0 spiro atoms. The van der Waals surface area contributed by atoms with Crippen LogP contribution >= 0.6 is 0 Å². The van der Waals surface area contributed by atoms with Gasteiger partial charge in [-0.05, 0) is 18.6 Å². The maximum absolute atomic E-state index is 12.3. The predicted octanol–water partition coefficient (Wildman–Crippen LogP) is 2.48. The number of amides is 1. The number of carbonyl (C=O) groups is 1. The van der Waals surface area contributed by atoms with Gasteiger partial charge >= 0.3 is 0 Å². The molecule has 2 aromatic rings. The summed E-state index contributed by atoms with van der Waals surface area (Å²) in [4.78, 5) is 24.0. The summed E-state index contributed by atoms with van der Waals surface area (Å²) in [5.74, 6) is -0.228. The maximum atomic E-state index is 12.3. The van der Waals surface area contributed by atoms with Crippen LogP contribution in [0.5, 0.6) is 0 Å². The van der Waals surface area contributed by atoms with Gasteiger partial charge in [0.1, 0.15) is 0 Å². The first-order valence-electron chi connectivity index (χ1n) is 7.35. The van der Waals surface area contributed by atoms with Crippen molar-refractivity contribution in [1.82, 2.24) is 9.88 Å². The minimum Gasteiger partial charge on any atom is -0.349 e. The lowest BCUT2D eigenvalue weighted by Gasteiger charge is -2.33. The Morgan fingerprint density at radius 3 is 2.41 bits per heavy atom. The molecule has 0 aliphatic carbocycles. The molecule has 0 saturated heterocycles. The van der Waals surface area contributed by atoms with Gasteiger partial charge < -0.3 is 9.88 Å². The molecule has 0 fully saturated rings. The first-order chi connectivity index (χ1) is 10.3. The van der Waals surface area contributed by atoms with Gasteiger partial charge in [0.2, 0.25) is 0 Å². The molecule has 2 rings (SSSR count). The molecule has 1 atom stereocenters. The fraction of sp³-hybridized carbons (Fsp3) is 0.333. The zero-order chi connectivity index (χ0) is 16.3. The van der Waals surface area contributed by atoms with Crippen molar-refractivity contribution in [3.05, 3.63) is 70.1 Å². The number of carbonyl (C=O) groups excluding carboxylic acids is 1. The molecule has 0 aliphatic heterocycles. The molecule has 1 heterocycles. The van der Waals surface area contributed by atoms with E-state index in [1.807, 2.05) is 25.1 Å². The molecule has 0 radical (unpaired) electrons. The van der Waals surface area contributed by atoms with Gasteiger partial charge in [-0.3, -0.25) is 9.59 Å². The van der Waals surface area contributed by atoms with E-state index in [2.05, 4.69) is 31.3 Å². The van der Waals surface area contributed by atoms with Gasteiger partial charge in [-0.1, -0.05) is 44.2 Å². The van der Waals surface area contributed by atoms with Crippen molar-refractivity contribution >= 4 is 5.91 Å². The van der Waals surface area contributed by atoms with Crippen molar-refractivity contribution in [2.24, 2.45) is 7.05 Å². The van der Waals surface area contributed by atoms with E-state index < -0.39 is 0 Å². The van der Waals surface area contributed by atoms with Crippen LogP contribution in [0.2, 0.25) is 0 Å². The fourth-order valence-electron chi connectivity index (χ4n) is 2.27. The van der Waals surface area contributed by atoms with Gasteiger partial charge in [0.15, 0.2) is 0 Å². The van der Waals surface area contributed by atoms with Crippen LogP contribution in [0.4, 0.5) is 0 Å². The zero-order valence-electron chi connectivity index (χ0n) is 13.5. The predicted molar refractivity (Wildman–Crippen MR) is 88.1 cm³/mol. The van der Waals surface area contributed by atoms with E-state index in [1.54, 1.807) is 19.3 Å². The van der Waals surface area contributed by atoms with Crippen LogP contribution < -0.4 is 10.9 Å². The van der Waals surface area contributed by atoms with Gasteiger partial charge in [-0.25, -0.2) is 0 Å². The van der Waals surface area contributed by atoms with E-state index in [9.17, 15) is 9.59 Å². The summed E-state index contributed by atoms with van der Waals surface area (Å²) in [6.45, 7) is 6.17. The molecule has 0 bridgehead atoms. The van der Waals surface area contributed by atoms with Crippen molar-refractivity contribution in [2.75, 3.05) is 0 Å². The lowest BCUT2D eigenvalue weighted by Crippen LogP contribution is -2.45. The number of hydrogen-bond acceptors (Lipinski definition) is 2.